The molecule has 2 aromatic carbocycles. The van der Waals surface area contributed by atoms with Crippen LogP contribution in [0, 0.1) is 5.92 Å². The van der Waals surface area contributed by atoms with E-state index in [2.05, 4.69) is 43.8 Å². The lowest BCUT2D eigenvalue weighted by Crippen LogP contribution is -2.29. The molecule has 0 radical (unpaired) electrons. The number of aryl methyl sites for hydroxylation is 1. The average molecular weight is 634 g/mol. The van der Waals surface area contributed by atoms with Crippen molar-refractivity contribution < 1.29 is 22.1 Å². The first-order valence-corrected chi connectivity index (χ1v) is 16.4. The van der Waals surface area contributed by atoms with Gasteiger partial charge in [-0.1, -0.05) is 18.2 Å². The number of nitrogens with zero attached hydrogens (tertiary/aromatic N) is 5. The lowest BCUT2D eigenvalue weighted by molar-refractivity contribution is -0.114. The van der Waals surface area contributed by atoms with E-state index in [4.69, 9.17) is 13.9 Å². The lowest BCUT2D eigenvalue weighted by Gasteiger charge is -2.26. The molecule has 2 N–H and O–H groups in total. The van der Waals surface area contributed by atoms with E-state index in [1.807, 2.05) is 63.6 Å². The highest BCUT2D eigenvalue weighted by molar-refractivity contribution is 7.86. The summed E-state index contributed by atoms with van der Waals surface area (Å²) < 4.78 is 36.4. The Morgan fingerprint density at radius 3 is 2.58 bits per heavy atom. The minimum Gasteiger partial charge on any atom is -0.491 e. The van der Waals surface area contributed by atoms with Gasteiger partial charge in [-0.25, -0.2) is 9.97 Å². The highest BCUT2D eigenvalue weighted by Gasteiger charge is 2.25. The van der Waals surface area contributed by atoms with Crippen LogP contribution in [-0.2, 0) is 26.1 Å². The fourth-order valence-corrected chi connectivity index (χ4v) is 5.25. The zero-order chi connectivity index (χ0) is 32.3. The van der Waals surface area contributed by atoms with Crippen LogP contribution >= 0.6 is 0 Å². The molecule has 2 heterocycles. The zero-order valence-electron chi connectivity index (χ0n) is 26.2. The maximum atomic E-state index is 13.0. The molecular formula is C32H39N7O5S. The summed E-state index contributed by atoms with van der Waals surface area (Å²) in [5.41, 5.74) is 4.39. The molecule has 12 nitrogen and oxygen atoms in total. The molecule has 5 rings (SSSR count). The Hall–Kier alpha value is -4.62. The number of hydrogen-bond acceptors (Lipinski definition) is 10. The predicted molar refractivity (Wildman–Crippen MR) is 177 cm³/mol. The standard InChI is InChI=1S/C32H39N7O5S/c1-21(44-45(6,41)42)31(40)34-26-17-27(30(43-20-22-11-12-22)18-29(26)38(4)16-15-37(2)3)36-32-33-14-13-25(35-32)24-19-39(5)28-10-8-7-9-23(24)28/h7-10,13-14,17-19,22H,1,11-12,15-16,20H2,2-6H3,(H,34,40)(H,33,35,36). The number of nitrogens with one attached hydrogen (secondary N) is 2. The quantitative estimate of drug-likeness (QED) is 0.115. The van der Waals surface area contributed by atoms with Gasteiger partial charge in [0.2, 0.25) is 5.95 Å². The number of anilines is 4. The molecule has 1 amide bonds. The molecule has 0 saturated heterocycles. The van der Waals surface area contributed by atoms with Crippen molar-refractivity contribution in [2.75, 3.05) is 62.6 Å². The van der Waals surface area contributed by atoms with Gasteiger partial charge >= 0.3 is 10.1 Å². The minimum absolute atomic E-state index is 0.340. The predicted octanol–water partition coefficient (Wildman–Crippen LogP) is 4.59. The van der Waals surface area contributed by atoms with Crippen LogP contribution in [-0.4, -0.2) is 80.9 Å². The first-order valence-electron chi connectivity index (χ1n) is 14.6. The highest BCUT2D eigenvalue weighted by Crippen LogP contribution is 2.40. The number of fused-ring (bicyclic) bond motifs is 1. The van der Waals surface area contributed by atoms with Crippen LogP contribution < -0.4 is 20.3 Å². The van der Waals surface area contributed by atoms with Gasteiger partial charge in [-0.05, 0) is 57.6 Å². The van der Waals surface area contributed by atoms with E-state index in [1.54, 1.807) is 12.3 Å². The van der Waals surface area contributed by atoms with Crippen molar-refractivity contribution in [1.29, 1.82) is 0 Å². The number of rotatable bonds is 14. The van der Waals surface area contributed by atoms with E-state index in [0.717, 1.165) is 47.8 Å². The van der Waals surface area contributed by atoms with Crippen LogP contribution in [0.15, 0.2) is 67.2 Å². The average Bonchev–Trinajstić information content (AvgIpc) is 3.76. The van der Waals surface area contributed by atoms with Gasteiger partial charge in [0.1, 0.15) is 5.75 Å². The highest BCUT2D eigenvalue weighted by atomic mass is 32.2. The van der Waals surface area contributed by atoms with Gasteiger partial charge < -0.3 is 33.9 Å². The Kier molecular flexibility index (Phi) is 9.30. The molecule has 0 atom stereocenters. The zero-order valence-corrected chi connectivity index (χ0v) is 27.0. The first-order chi connectivity index (χ1) is 21.4. The summed E-state index contributed by atoms with van der Waals surface area (Å²) >= 11 is 0. The van der Waals surface area contributed by atoms with Crippen molar-refractivity contribution >= 4 is 49.9 Å². The van der Waals surface area contributed by atoms with E-state index < -0.39 is 21.8 Å². The first kappa shape index (κ1) is 31.8. The van der Waals surface area contributed by atoms with E-state index in [-0.39, 0.29) is 0 Å². The monoisotopic (exact) mass is 633 g/mol. The number of benzene rings is 2. The summed E-state index contributed by atoms with van der Waals surface area (Å²) in [5.74, 6) is 0.0580. The van der Waals surface area contributed by atoms with Crippen molar-refractivity contribution in [2.24, 2.45) is 13.0 Å². The third-order valence-corrected chi connectivity index (χ3v) is 7.90. The Balaban J connectivity index is 1.52. The summed E-state index contributed by atoms with van der Waals surface area (Å²) in [6.45, 7) is 5.44. The van der Waals surface area contributed by atoms with Gasteiger partial charge in [0.05, 0.1) is 35.6 Å². The maximum Gasteiger partial charge on any atom is 0.306 e. The lowest BCUT2D eigenvalue weighted by atomic mass is 10.1. The summed E-state index contributed by atoms with van der Waals surface area (Å²) in [7, 11) is 3.93. The summed E-state index contributed by atoms with van der Waals surface area (Å²) in [6.07, 6.45) is 6.82. The van der Waals surface area contributed by atoms with Crippen molar-refractivity contribution in [3.8, 4) is 17.0 Å². The molecule has 4 aromatic rings. The molecule has 1 saturated carbocycles. The number of likely N-dealkylation sites (N-methyl/N-ethyl adjacent to an activating group) is 2. The number of para-hydroxylation sites is 1. The number of ether oxygens (including phenoxy) is 1. The topological polar surface area (TPSA) is 131 Å². The van der Waals surface area contributed by atoms with Crippen molar-refractivity contribution in [1.82, 2.24) is 19.4 Å². The van der Waals surface area contributed by atoms with Crippen LogP contribution in [0.3, 0.4) is 0 Å². The summed E-state index contributed by atoms with van der Waals surface area (Å²) in [5, 5.41) is 7.14. The molecule has 1 fully saturated rings. The number of carbonyl (C=O) groups is 1. The molecular weight excluding hydrogens is 594 g/mol. The Bertz CT molecular complexity index is 1830. The van der Waals surface area contributed by atoms with Gasteiger partial charge in [0, 0.05) is 62.1 Å². The second-order valence-corrected chi connectivity index (χ2v) is 13.1. The second-order valence-electron chi connectivity index (χ2n) is 11.6. The molecule has 0 unspecified atom stereocenters. The van der Waals surface area contributed by atoms with Crippen LogP contribution in [0.4, 0.5) is 23.0 Å². The fourth-order valence-electron chi connectivity index (χ4n) is 4.81. The number of carbonyl (C=O) groups excluding carboxylic acids is 1. The smallest absolute Gasteiger partial charge is 0.306 e. The molecule has 0 spiro atoms. The van der Waals surface area contributed by atoms with Crippen molar-refractivity contribution in [3.05, 3.63) is 67.2 Å². The molecule has 45 heavy (non-hydrogen) atoms. The van der Waals surface area contributed by atoms with E-state index >= 15 is 0 Å². The normalized spacial score (nSPS) is 13.1. The fraction of sp³-hybridized carbons (Fsp3) is 0.344. The minimum atomic E-state index is -3.94. The number of aromatic nitrogens is 3. The van der Waals surface area contributed by atoms with E-state index in [0.29, 0.717) is 47.8 Å². The van der Waals surface area contributed by atoms with Crippen LogP contribution in [0.5, 0.6) is 5.75 Å². The van der Waals surface area contributed by atoms with Gasteiger partial charge in [-0.15, -0.1) is 0 Å². The molecule has 0 bridgehead atoms. The third-order valence-electron chi connectivity index (χ3n) is 7.39. The number of hydrogen-bond donors (Lipinski definition) is 2. The third kappa shape index (κ3) is 8.11. The van der Waals surface area contributed by atoms with E-state index in [1.165, 1.54) is 0 Å². The van der Waals surface area contributed by atoms with Gasteiger partial charge in [-0.2, -0.15) is 8.42 Å². The van der Waals surface area contributed by atoms with Gasteiger partial charge in [0.15, 0.2) is 5.76 Å². The van der Waals surface area contributed by atoms with Crippen LogP contribution in [0.2, 0.25) is 0 Å². The van der Waals surface area contributed by atoms with E-state index in [9.17, 15) is 13.2 Å². The van der Waals surface area contributed by atoms with Gasteiger partial charge in [0.25, 0.3) is 5.91 Å². The van der Waals surface area contributed by atoms with Crippen molar-refractivity contribution in [3.63, 3.8) is 0 Å². The maximum absolute atomic E-state index is 13.0. The summed E-state index contributed by atoms with van der Waals surface area (Å²) in [4.78, 5) is 26.3. The van der Waals surface area contributed by atoms with Gasteiger partial charge in [-0.3, -0.25) is 4.79 Å². The Labute approximate surface area is 263 Å². The molecule has 0 aliphatic heterocycles. The summed E-state index contributed by atoms with van der Waals surface area (Å²) in [6, 6.07) is 13.6. The van der Waals surface area contributed by atoms with Crippen LogP contribution in [0.1, 0.15) is 12.8 Å². The molecule has 2 aromatic heterocycles. The number of amides is 1. The molecule has 1 aliphatic rings. The van der Waals surface area contributed by atoms with Crippen molar-refractivity contribution in [2.45, 2.75) is 12.8 Å². The molecule has 13 heteroatoms. The van der Waals surface area contributed by atoms with Crippen LogP contribution in [0.25, 0.3) is 22.2 Å². The SMILES string of the molecule is C=C(OS(C)(=O)=O)C(=O)Nc1cc(Nc2nccc(-c3cn(C)c4ccccc34)n2)c(OCC2CC2)cc1N(C)CCN(C)C. The Morgan fingerprint density at radius 2 is 1.87 bits per heavy atom. The molecule has 238 valence electrons. The molecule has 1 aliphatic carbocycles. The largest absolute Gasteiger partial charge is 0.491 e. The Morgan fingerprint density at radius 1 is 1.11 bits per heavy atom. The second kappa shape index (κ2) is 13.2.